The maximum absolute atomic E-state index is 11.9. The topological polar surface area (TPSA) is 115 Å². The van der Waals surface area contributed by atoms with E-state index in [4.69, 9.17) is 18.9 Å². The van der Waals surface area contributed by atoms with E-state index in [1.165, 1.54) is 44.9 Å². The van der Waals surface area contributed by atoms with Gasteiger partial charge in [-0.25, -0.2) is 0 Å². The number of aryl methyl sites for hydroxylation is 1. The average molecular weight is 631 g/mol. The molecule has 1 aliphatic heterocycles. The van der Waals surface area contributed by atoms with E-state index in [1.807, 2.05) is 12.1 Å². The molecule has 1 spiro atoms. The third kappa shape index (κ3) is 7.55. The summed E-state index contributed by atoms with van der Waals surface area (Å²) in [5.41, 5.74) is 3.34. The minimum atomic E-state index is -0.463. The summed E-state index contributed by atoms with van der Waals surface area (Å²) in [6, 6.07) is 19.3. The summed E-state index contributed by atoms with van der Waals surface area (Å²) in [6.07, 6.45) is 8.97. The number of rotatable bonds is 10. The summed E-state index contributed by atoms with van der Waals surface area (Å²) in [6.45, 7) is 1.41. The van der Waals surface area contributed by atoms with Gasteiger partial charge in [-0.3, -0.25) is 4.79 Å². The number of hydrogen-bond acceptors (Lipinski definition) is 8. The second-order valence-corrected chi connectivity index (χ2v) is 13.7. The Bertz CT molecular complexity index is 1510. The molecule has 3 fully saturated rings. The summed E-state index contributed by atoms with van der Waals surface area (Å²) < 4.78 is 23.9. The number of ether oxygens (including phenoxy) is 4. The highest BCUT2D eigenvalue weighted by atomic mass is 16.6. The number of benzene rings is 3. The van der Waals surface area contributed by atoms with E-state index >= 15 is 0 Å². The molecule has 2 saturated carbocycles. The quantitative estimate of drug-likeness (QED) is 0.155. The fraction of sp³-hybridized carbons (Fsp3) is 0.500. The van der Waals surface area contributed by atoms with Crippen LogP contribution in [0.3, 0.4) is 0 Å². The van der Waals surface area contributed by atoms with Crippen molar-refractivity contribution in [1.29, 1.82) is 0 Å². The maximum Gasteiger partial charge on any atom is 0.302 e. The maximum atomic E-state index is 11.9. The molecule has 3 N–H and O–H groups in total. The summed E-state index contributed by atoms with van der Waals surface area (Å²) >= 11 is 0. The molecule has 0 unspecified atom stereocenters. The molecule has 6 atom stereocenters. The zero-order chi connectivity index (χ0) is 32.3. The Hall–Kier alpha value is -3.91. The van der Waals surface area contributed by atoms with Gasteiger partial charge in [0.15, 0.2) is 23.0 Å². The number of methoxy groups -OCH3 is 1. The normalized spacial score (nSPS) is 27.5. The third-order valence-electron chi connectivity index (χ3n) is 10.3. The molecule has 0 amide bonds. The van der Waals surface area contributed by atoms with E-state index < -0.39 is 6.10 Å². The highest BCUT2D eigenvalue weighted by Gasteiger charge is 2.45. The van der Waals surface area contributed by atoms with Gasteiger partial charge in [-0.05, 0) is 110 Å². The number of esters is 1. The molecule has 0 bridgehead atoms. The molecular weight excluding hydrogens is 584 g/mol. The molecule has 3 aliphatic rings. The summed E-state index contributed by atoms with van der Waals surface area (Å²) in [7, 11) is 1.52. The van der Waals surface area contributed by atoms with Gasteiger partial charge in [0.25, 0.3) is 0 Å². The van der Waals surface area contributed by atoms with E-state index in [0.717, 1.165) is 31.2 Å². The van der Waals surface area contributed by atoms with Gasteiger partial charge in [0.2, 0.25) is 5.75 Å². The van der Waals surface area contributed by atoms with Gasteiger partial charge in [0.1, 0.15) is 6.10 Å². The standard InChI is InChI=1S/C38H46O8/c1-24(39)44-31-20-29(10-8-26-9-11-32(40)35(17-26)43-2)45-34(21-31)28-18-33(41)37(42)36(19-28)46-30-13-15-38(23-30)14-12-27(22-38)16-25-6-4-3-5-7-25/h3-7,9,11,17-19,27,29-31,34,40-42H,8,10,12-16,20-23H2,1-2H3/t27-,29+,30+,31-,34+,38+/m1/s1. The van der Waals surface area contributed by atoms with Crippen LogP contribution in [0.25, 0.3) is 0 Å². The highest BCUT2D eigenvalue weighted by Crippen LogP contribution is 2.54. The first-order chi connectivity index (χ1) is 22.2. The Kier molecular flexibility index (Phi) is 9.64. The van der Waals surface area contributed by atoms with Crippen molar-refractivity contribution in [2.75, 3.05) is 7.11 Å². The van der Waals surface area contributed by atoms with Crippen molar-refractivity contribution in [1.82, 2.24) is 0 Å². The van der Waals surface area contributed by atoms with Crippen LogP contribution in [0.2, 0.25) is 0 Å². The molecule has 0 aromatic heterocycles. The van der Waals surface area contributed by atoms with E-state index in [2.05, 4.69) is 30.3 Å². The second kappa shape index (κ2) is 13.8. The van der Waals surface area contributed by atoms with Crippen LogP contribution in [0.4, 0.5) is 0 Å². The van der Waals surface area contributed by atoms with Crippen LogP contribution in [0, 0.1) is 11.3 Å². The van der Waals surface area contributed by atoms with Crippen LogP contribution in [-0.2, 0) is 27.1 Å². The molecular formula is C38H46O8. The summed E-state index contributed by atoms with van der Waals surface area (Å²) in [4.78, 5) is 11.9. The van der Waals surface area contributed by atoms with Crippen LogP contribution in [0.1, 0.15) is 87.5 Å². The van der Waals surface area contributed by atoms with Gasteiger partial charge < -0.3 is 34.3 Å². The van der Waals surface area contributed by atoms with Crippen molar-refractivity contribution in [3.63, 3.8) is 0 Å². The predicted molar refractivity (Wildman–Crippen MR) is 173 cm³/mol. The third-order valence-corrected chi connectivity index (χ3v) is 10.3. The lowest BCUT2D eigenvalue weighted by atomic mass is 9.83. The molecule has 246 valence electrons. The van der Waals surface area contributed by atoms with Crippen molar-refractivity contribution < 1.29 is 39.1 Å². The molecule has 3 aromatic carbocycles. The number of carbonyl (C=O) groups excluding carboxylic acids is 1. The van der Waals surface area contributed by atoms with Crippen LogP contribution < -0.4 is 9.47 Å². The average Bonchev–Trinajstić information content (AvgIpc) is 3.63. The van der Waals surface area contributed by atoms with Gasteiger partial charge in [0.05, 0.1) is 25.4 Å². The SMILES string of the molecule is COc1cc(CC[C@H]2C[C@@H](OC(C)=O)C[C@@H](c3cc(O)c(O)c(O[C@H]4CC[C@]5(CC[C@H](Cc6ccccc6)C5)C4)c3)O2)ccc1O. The van der Waals surface area contributed by atoms with Gasteiger partial charge in [-0.2, -0.15) is 0 Å². The van der Waals surface area contributed by atoms with Crippen molar-refractivity contribution in [3.05, 3.63) is 77.4 Å². The molecule has 8 heteroatoms. The molecule has 2 aliphatic carbocycles. The smallest absolute Gasteiger partial charge is 0.302 e. The molecule has 8 nitrogen and oxygen atoms in total. The van der Waals surface area contributed by atoms with E-state index in [9.17, 15) is 20.1 Å². The van der Waals surface area contributed by atoms with Crippen LogP contribution >= 0.6 is 0 Å². The monoisotopic (exact) mass is 630 g/mol. The van der Waals surface area contributed by atoms with Crippen LogP contribution in [-0.4, -0.2) is 46.7 Å². The van der Waals surface area contributed by atoms with E-state index in [1.54, 1.807) is 12.1 Å². The fourth-order valence-electron chi connectivity index (χ4n) is 8.09. The van der Waals surface area contributed by atoms with Crippen LogP contribution in [0.15, 0.2) is 60.7 Å². The molecule has 1 saturated heterocycles. The lowest BCUT2D eigenvalue weighted by Gasteiger charge is -2.35. The lowest BCUT2D eigenvalue weighted by Crippen LogP contribution is -2.34. The van der Waals surface area contributed by atoms with Gasteiger partial charge in [-0.15, -0.1) is 0 Å². The Balaban J connectivity index is 1.12. The predicted octanol–water partition coefficient (Wildman–Crippen LogP) is 7.56. The van der Waals surface area contributed by atoms with E-state index in [0.29, 0.717) is 42.9 Å². The summed E-state index contributed by atoms with van der Waals surface area (Å²) in [5.74, 6) is 0.583. The zero-order valence-corrected chi connectivity index (χ0v) is 26.8. The number of carbonyl (C=O) groups is 1. The Labute approximate surface area is 271 Å². The first-order valence-electron chi connectivity index (χ1n) is 16.6. The minimum Gasteiger partial charge on any atom is -0.504 e. The van der Waals surface area contributed by atoms with E-state index in [-0.39, 0.29) is 52.7 Å². The fourth-order valence-corrected chi connectivity index (χ4v) is 8.09. The zero-order valence-electron chi connectivity index (χ0n) is 26.8. The molecule has 6 rings (SSSR count). The molecule has 0 radical (unpaired) electrons. The second-order valence-electron chi connectivity index (χ2n) is 13.7. The molecule has 1 heterocycles. The Morgan fingerprint density at radius 3 is 2.48 bits per heavy atom. The Morgan fingerprint density at radius 1 is 0.891 bits per heavy atom. The number of aromatic hydroxyl groups is 3. The van der Waals surface area contributed by atoms with Crippen molar-refractivity contribution in [3.8, 4) is 28.7 Å². The summed E-state index contributed by atoms with van der Waals surface area (Å²) in [5, 5.41) is 31.5. The molecule has 3 aromatic rings. The van der Waals surface area contributed by atoms with Gasteiger partial charge in [-0.1, -0.05) is 36.4 Å². The van der Waals surface area contributed by atoms with Gasteiger partial charge in [0, 0.05) is 19.8 Å². The van der Waals surface area contributed by atoms with Crippen molar-refractivity contribution in [2.45, 2.75) is 102 Å². The van der Waals surface area contributed by atoms with Crippen molar-refractivity contribution in [2.24, 2.45) is 11.3 Å². The number of hydrogen-bond donors (Lipinski definition) is 3. The minimum absolute atomic E-state index is 0.0351. The van der Waals surface area contributed by atoms with Crippen molar-refractivity contribution >= 4 is 5.97 Å². The number of phenolic OH excluding ortho intramolecular Hbond substituents is 3. The highest BCUT2D eigenvalue weighted by molar-refractivity contribution is 5.66. The largest absolute Gasteiger partial charge is 0.504 e. The first-order valence-corrected chi connectivity index (χ1v) is 16.6. The number of phenols is 3. The van der Waals surface area contributed by atoms with Crippen LogP contribution in [0.5, 0.6) is 28.7 Å². The Morgan fingerprint density at radius 2 is 1.70 bits per heavy atom. The molecule has 46 heavy (non-hydrogen) atoms. The first kappa shape index (κ1) is 32.0. The van der Waals surface area contributed by atoms with Gasteiger partial charge >= 0.3 is 5.97 Å². The lowest BCUT2D eigenvalue weighted by molar-refractivity contribution is -0.160.